The smallest absolute Gasteiger partial charge is 0.270 e. The number of rotatable bonds is 4. The van der Waals surface area contributed by atoms with Crippen LogP contribution in [-0.2, 0) is 13.5 Å². The number of fused-ring (bicyclic) bond motifs is 1. The first-order valence-electron chi connectivity index (χ1n) is 9.77. The van der Waals surface area contributed by atoms with Crippen molar-refractivity contribution < 1.29 is 4.79 Å². The number of hydrogen-bond donors (Lipinski definition) is 1. The van der Waals surface area contributed by atoms with Gasteiger partial charge < -0.3 is 9.88 Å². The molecule has 5 nitrogen and oxygen atoms in total. The van der Waals surface area contributed by atoms with Crippen LogP contribution in [0.4, 0.5) is 0 Å². The van der Waals surface area contributed by atoms with Gasteiger partial charge in [-0.1, -0.05) is 25.3 Å². The van der Waals surface area contributed by atoms with Gasteiger partial charge in [-0.05, 0) is 55.5 Å². The highest BCUT2D eigenvalue weighted by atomic mass is 16.1. The highest BCUT2D eigenvalue weighted by Gasteiger charge is 2.19. The molecule has 27 heavy (non-hydrogen) atoms. The van der Waals surface area contributed by atoms with Gasteiger partial charge in [-0.2, -0.15) is 0 Å². The number of nitrogens with one attached hydrogen (secondary N) is 1. The fraction of sp³-hybridized carbons (Fsp3) is 0.409. The minimum Gasteiger partial charge on any atom is -0.348 e. The Bertz CT molecular complexity index is 952. The second-order valence-corrected chi connectivity index (χ2v) is 7.62. The Morgan fingerprint density at radius 1 is 1.22 bits per heavy atom. The van der Waals surface area contributed by atoms with Gasteiger partial charge in [-0.25, -0.2) is 4.98 Å². The lowest BCUT2D eigenvalue weighted by Gasteiger charge is -2.22. The first-order valence-corrected chi connectivity index (χ1v) is 9.77. The third-order valence-corrected chi connectivity index (χ3v) is 5.46. The van der Waals surface area contributed by atoms with Crippen LogP contribution in [-0.4, -0.2) is 26.5 Å². The van der Waals surface area contributed by atoms with E-state index in [0.29, 0.717) is 5.69 Å². The van der Waals surface area contributed by atoms with Crippen LogP contribution >= 0.6 is 0 Å². The zero-order valence-electron chi connectivity index (χ0n) is 16.0. The molecule has 3 aromatic heterocycles. The van der Waals surface area contributed by atoms with Gasteiger partial charge in [0.15, 0.2) is 0 Å². The molecule has 0 radical (unpaired) electrons. The minimum absolute atomic E-state index is 0.0618. The number of aromatic nitrogens is 3. The van der Waals surface area contributed by atoms with Crippen molar-refractivity contribution in [1.82, 2.24) is 19.9 Å². The van der Waals surface area contributed by atoms with Gasteiger partial charge in [0.05, 0.1) is 0 Å². The van der Waals surface area contributed by atoms with Crippen molar-refractivity contribution in [3.63, 3.8) is 0 Å². The average molecular weight is 362 g/mol. The minimum atomic E-state index is -0.0618. The maximum atomic E-state index is 12.8. The highest BCUT2D eigenvalue weighted by molar-refractivity contribution is 5.95. The molecule has 1 aliphatic carbocycles. The quantitative estimate of drug-likeness (QED) is 0.765. The van der Waals surface area contributed by atoms with E-state index in [0.717, 1.165) is 47.1 Å². The summed E-state index contributed by atoms with van der Waals surface area (Å²) in [5, 5.41) is 4.28. The summed E-state index contributed by atoms with van der Waals surface area (Å²) in [6, 6.07) is 8.42. The summed E-state index contributed by atoms with van der Waals surface area (Å²) in [7, 11) is 1.97. The molecule has 3 heterocycles. The molecular formula is C22H26N4O. The molecule has 1 saturated carbocycles. The van der Waals surface area contributed by atoms with E-state index in [1.54, 1.807) is 0 Å². The molecule has 4 rings (SSSR count). The van der Waals surface area contributed by atoms with Crippen LogP contribution in [0.25, 0.3) is 11.0 Å². The molecule has 0 saturated heterocycles. The number of carbonyl (C=O) groups excluding carboxylic acids is 1. The van der Waals surface area contributed by atoms with Gasteiger partial charge in [-0.3, -0.25) is 9.78 Å². The molecule has 0 unspecified atom stereocenters. The molecule has 0 bridgehead atoms. The zero-order chi connectivity index (χ0) is 18.8. The molecule has 140 valence electrons. The van der Waals surface area contributed by atoms with E-state index >= 15 is 0 Å². The zero-order valence-corrected chi connectivity index (χ0v) is 16.0. The Hall–Kier alpha value is -2.69. The van der Waals surface area contributed by atoms with Crippen LogP contribution in [0.15, 0.2) is 36.7 Å². The molecule has 0 aromatic carbocycles. The first-order chi connectivity index (χ1) is 13.1. The normalized spacial score (nSPS) is 15.2. The van der Waals surface area contributed by atoms with Gasteiger partial charge in [0.25, 0.3) is 5.91 Å². The van der Waals surface area contributed by atoms with Crippen LogP contribution in [0, 0.1) is 6.92 Å². The van der Waals surface area contributed by atoms with Crippen molar-refractivity contribution in [3.8, 4) is 0 Å². The van der Waals surface area contributed by atoms with Crippen molar-refractivity contribution in [3.05, 3.63) is 59.2 Å². The van der Waals surface area contributed by atoms with Gasteiger partial charge in [0, 0.05) is 36.6 Å². The highest BCUT2D eigenvalue weighted by Crippen LogP contribution is 2.23. The molecule has 0 aliphatic heterocycles. The maximum absolute atomic E-state index is 12.8. The predicted molar refractivity (Wildman–Crippen MR) is 107 cm³/mol. The van der Waals surface area contributed by atoms with Gasteiger partial charge >= 0.3 is 0 Å². The monoisotopic (exact) mass is 362 g/mol. The van der Waals surface area contributed by atoms with Crippen molar-refractivity contribution >= 4 is 16.9 Å². The summed E-state index contributed by atoms with van der Waals surface area (Å²) >= 11 is 0. The molecule has 1 fully saturated rings. The second-order valence-electron chi connectivity index (χ2n) is 7.62. The Morgan fingerprint density at radius 3 is 2.78 bits per heavy atom. The molecule has 5 heteroatoms. The van der Waals surface area contributed by atoms with Crippen molar-refractivity contribution in [2.75, 3.05) is 0 Å². The standard InChI is InChI=1S/C22H26N4O/c1-15-8-9-16(14-23-15)12-17-13-20(25-21-19(17)10-11-26(21)2)22(27)24-18-6-4-3-5-7-18/h8-11,13-14,18H,3-7,12H2,1-2H3,(H,24,27). The fourth-order valence-electron chi connectivity index (χ4n) is 3.89. The first kappa shape index (κ1) is 17.7. The molecule has 0 spiro atoms. The van der Waals surface area contributed by atoms with E-state index in [9.17, 15) is 4.79 Å². The summed E-state index contributed by atoms with van der Waals surface area (Å²) in [5.74, 6) is -0.0618. The van der Waals surface area contributed by atoms with Crippen molar-refractivity contribution in [2.45, 2.75) is 51.5 Å². The van der Waals surface area contributed by atoms with E-state index < -0.39 is 0 Å². The number of hydrogen-bond acceptors (Lipinski definition) is 3. The largest absolute Gasteiger partial charge is 0.348 e. The number of carbonyl (C=O) groups is 1. The second kappa shape index (κ2) is 7.51. The van der Waals surface area contributed by atoms with Crippen LogP contribution in [0.5, 0.6) is 0 Å². The van der Waals surface area contributed by atoms with Crippen LogP contribution < -0.4 is 5.32 Å². The number of pyridine rings is 2. The molecule has 3 aromatic rings. The van der Waals surface area contributed by atoms with E-state index in [1.165, 1.54) is 19.3 Å². The molecule has 1 aliphatic rings. The Morgan fingerprint density at radius 2 is 2.04 bits per heavy atom. The Balaban J connectivity index is 1.65. The summed E-state index contributed by atoms with van der Waals surface area (Å²) in [6.07, 6.45) is 10.4. The lowest BCUT2D eigenvalue weighted by Crippen LogP contribution is -2.36. The van der Waals surface area contributed by atoms with Crippen LogP contribution in [0.1, 0.15) is 59.4 Å². The molecule has 1 amide bonds. The average Bonchev–Trinajstić information content (AvgIpc) is 3.06. The number of aryl methyl sites for hydroxylation is 2. The van der Waals surface area contributed by atoms with Crippen molar-refractivity contribution in [2.24, 2.45) is 7.05 Å². The summed E-state index contributed by atoms with van der Waals surface area (Å²) < 4.78 is 1.98. The van der Waals surface area contributed by atoms with E-state index in [1.807, 2.05) is 43.1 Å². The lowest BCUT2D eigenvalue weighted by molar-refractivity contribution is 0.0923. The Kier molecular flexibility index (Phi) is 4.92. The molecule has 0 atom stereocenters. The number of nitrogens with zero attached hydrogens (tertiary/aromatic N) is 3. The predicted octanol–water partition coefficient (Wildman–Crippen LogP) is 3.93. The number of amides is 1. The van der Waals surface area contributed by atoms with Gasteiger partial charge in [0.1, 0.15) is 11.3 Å². The summed E-state index contributed by atoms with van der Waals surface area (Å²) in [4.78, 5) is 21.9. The van der Waals surface area contributed by atoms with Crippen LogP contribution in [0.3, 0.4) is 0 Å². The van der Waals surface area contributed by atoms with E-state index in [4.69, 9.17) is 0 Å². The fourth-order valence-corrected chi connectivity index (χ4v) is 3.89. The summed E-state index contributed by atoms with van der Waals surface area (Å²) in [6.45, 7) is 1.99. The van der Waals surface area contributed by atoms with Crippen molar-refractivity contribution in [1.29, 1.82) is 0 Å². The van der Waals surface area contributed by atoms with E-state index in [2.05, 4.69) is 27.4 Å². The lowest BCUT2D eigenvalue weighted by atomic mass is 9.95. The third kappa shape index (κ3) is 3.87. The summed E-state index contributed by atoms with van der Waals surface area (Å²) in [5.41, 5.74) is 4.60. The molecule has 1 N–H and O–H groups in total. The van der Waals surface area contributed by atoms with E-state index in [-0.39, 0.29) is 11.9 Å². The van der Waals surface area contributed by atoms with Gasteiger partial charge in [-0.15, -0.1) is 0 Å². The van der Waals surface area contributed by atoms with Gasteiger partial charge in [0.2, 0.25) is 0 Å². The third-order valence-electron chi connectivity index (χ3n) is 5.46. The maximum Gasteiger partial charge on any atom is 0.270 e. The van der Waals surface area contributed by atoms with Crippen LogP contribution in [0.2, 0.25) is 0 Å². The topological polar surface area (TPSA) is 59.8 Å². The molecular weight excluding hydrogens is 336 g/mol. The Labute approximate surface area is 159 Å². The SMILES string of the molecule is Cc1ccc(Cc2cc(C(=O)NC3CCCCC3)nc3c2ccn3C)cn1.